The number of nitrogens with zero attached hydrogens (tertiary/aromatic N) is 5. The van der Waals surface area contributed by atoms with Crippen molar-refractivity contribution >= 4 is 65.1 Å². The Kier molecular flexibility index (Phi) is 8.60. The Balaban J connectivity index is 0.906. The van der Waals surface area contributed by atoms with Gasteiger partial charge in [-0.25, -0.2) is 24.9 Å². The number of aromatic nitrogens is 3. The van der Waals surface area contributed by atoms with Crippen LogP contribution in [0.15, 0.2) is 209 Å². The molecule has 11 aromatic rings. The molecule has 0 saturated heterocycles. The van der Waals surface area contributed by atoms with Crippen LogP contribution in [0.4, 0.5) is 0 Å². The van der Waals surface area contributed by atoms with E-state index in [0.29, 0.717) is 23.3 Å². The van der Waals surface area contributed by atoms with Crippen LogP contribution in [0, 0.1) is 0 Å². The molecule has 0 aliphatic carbocycles. The molecule has 0 fully saturated rings. The largest absolute Gasteiger partial charge is 0.456 e. The van der Waals surface area contributed by atoms with E-state index in [4.69, 9.17) is 29.4 Å². The van der Waals surface area contributed by atoms with E-state index in [2.05, 4.69) is 102 Å². The molecule has 0 bridgehead atoms. The lowest BCUT2D eigenvalue weighted by Crippen LogP contribution is -2.33. The molecule has 7 nitrogen and oxygen atoms in total. The topological polar surface area (TPSA) is 88.6 Å². The van der Waals surface area contributed by atoms with Crippen LogP contribution in [0.1, 0.15) is 22.9 Å². The van der Waals surface area contributed by atoms with Crippen molar-refractivity contribution in [1.82, 2.24) is 20.3 Å². The minimum atomic E-state index is -0.320. The van der Waals surface area contributed by atoms with E-state index < -0.39 is 0 Å². The maximum absolute atomic E-state index is 6.27. The predicted molar refractivity (Wildman–Crippen MR) is 254 cm³/mol. The van der Waals surface area contributed by atoms with Gasteiger partial charge in [0.05, 0.1) is 0 Å². The lowest BCUT2D eigenvalue weighted by atomic mass is 10.00. The van der Waals surface area contributed by atoms with Gasteiger partial charge in [0.2, 0.25) is 0 Å². The molecule has 12 rings (SSSR count). The van der Waals surface area contributed by atoms with Crippen molar-refractivity contribution in [3.8, 4) is 45.3 Å². The summed E-state index contributed by atoms with van der Waals surface area (Å²) in [6.45, 7) is 0. The van der Waals surface area contributed by atoms with Gasteiger partial charge in [-0.2, -0.15) is 0 Å². The summed E-state index contributed by atoms with van der Waals surface area (Å²) >= 11 is 1.78. The summed E-state index contributed by atoms with van der Waals surface area (Å²) in [5.41, 5.74) is 9.67. The second-order valence-electron chi connectivity index (χ2n) is 15.3. The number of thiophene rings is 1. The Labute approximate surface area is 360 Å². The Bertz CT molecular complexity index is 3500. The number of amidine groups is 2. The summed E-state index contributed by atoms with van der Waals surface area (Å²) in [7, 11) is 0. The van der Waals surface area contributed by atoms with Gasteiger partial charge in [0.25, 0.3) is 0 Å². The van der Waals surface area contributed by atoms with Gasteiger partial charge < -0.3 is 9.73 Å². The molecule has 1 atom stereocenters. The number of hydrogen-bond acceptors (Lipinski definition) is 8. The van der Waals surface area contributed by atoms with Gasteiger partial charge in [-0.05, 0) is 59.2 Å². The van der Waals surface area contributed by atoms with Crippen LogP contribution in [0.3, 0.4) is 0 Å². The summed E-state index contributed by atoms with van der Waals surface area (Å²) in [5.74, 6) is 3.35. The predicted octanol–water partition coefficient (Wildman–Crippen LogP) is 13.3. The highest BCUT2D eigenvalue weighted by Crippen LogP contribution is 2.39. The highest BCUT2D eigenvalue weighted by molar-refractivity contribution is 7.25. The lowest BCUT2D eigenvalue weighted by Gasteiger charge is -2.23. The molecule has 292 valence electrons. The van der Waals surface area contributed by atoms with Crippen molar-refractivity contribution in [1.29, 1.82) is 0 Å². The number of rotatable bonds is 7. The first-order valence-corrected chi connectivity index (χ1v) is 21.3. The van der Waals surface area contributed by atoms with Crippen molar-refractivity contribution < 1.29 is 4.42 Å². The SMILES string of the molecule is c1ccc(-c2nc(-c3ccccc3)nc(-c3ccc4c(c3)sc3ccc(-c5cccc(C6=NC(c7ccccc7)NC(c7ccc8c(c7)oc7ccccc78)=N6)c5)cc34)n2)cc1. The highest BCUT2D eigenvalue weighted by atomic mass is 32.1. The molecule has 1 N–H and O–H groups in total. The van der Waals surface area contributed by atoms with Crippen molar-refractivity contribution in [3.63, 3.8) is 0 Å². The molecule has 4 heterocycles. The Hall–Kier alpha value is -8.07. The minimum absolute atomic E-state index is 0.320. The lowest BCUT2D eigenvalue weighted by molar-refractivity contribution is 0.666. The monoisotopic (exact) mass is 814 g/mol. The van der Waals surface area contributed by atoms with Crippen LogP contribution in [0.2, 0.25) is 0 Å². The van der Waals surface area contributed by atoms with Crippen molar-refractivity contribution in [2.24, 2.45) is 9.98 Å². The number of para-hydroxylation sites is 1. The van der Waals surface area contributed by atoms with Crippen LogP contribution in [0.25, 0.3) is 87.4 Å². The van der Waals surface area contributed by atoms with Gasteiger partial charge >= 0.3 is 0 Å². The van der Waals surface area contributed by atoms with E-state index in [1.54, 1.807) is 11.3 Å². The Morgan fingerprint density at radius 3 is 1.77 bits per heavy atom. The number of benzene rings is 8. The maximum atomic E-state index is 6.27. The molecule has 8 aromatic carbocycles. The molecule has 0 amide bonds. The number of fused-ring (bicyclic) bond motifs is 6. The van der Waals surface area contributed by atoms with Gasteiger partial charge in [0.1, 0.15) is 23.2 Å². The Morgan fingerprint density at radius 2 is 1.00 bits per heavy atom. The van der Waals surface area contributed by atoms with E-state index in [9.17, 15) is 0 Å². The molecule has 3 aromatic heterocycles. The highest BCUT2D eigenvalue weighted by Gasteiger charge is 2.22. The van der Waals surface area contributed by atoms with Crippen molar-refractivity contribution in [2.45, 2.75) is 6.17 Å². The van der Waals surface area contributed by atoms with Crippen LogP contribution in [0.5, 0.6) is 0 Å². The summed E-state index contributed by atoms with van der Waals surface area (Å²) in [5, 5.41) is 8.18. The number of aliphatic imine (C=N–C) groups is 2. The fourth-order valence-electron chi connectivity index (χ4n) is 8.28. The standard InChI is InChI=1S/C54H34N6OS/c1-4-13-33(14-5-1)49-55-50(34-15-6-2-7-16-34)59-54(58-49)40-24-27-43-44-30-37(25-28-47(44)62-48(43)32-40)36-19-12-20-38(29-36)52-56-51(35-17-8-3-9-18-35)57-53(60-52)39-23-26-42-41-21-10-11-22-45(41)61-46(42)31-39/h1-32,51H,(H,56,57,60). The zero-order valence-corrected chi connectivity index (χ0v) is 33.9. The average molecular weight is 815 g/mol. The van der Waals surface area contributed by atoms with Gasteiger partial charge in [0.15, 0.2) is 23.3 Å². The fraction of sp³-hybridized carbons (Fsp3) is 0.0185. The Morgan fingerprint density at radius 1 is 0.403 bits per heavy atom. The molecule has 0 radical (unpaired) electrons. The second-order valence-corrected chi connectivity index (χ2v) is 16.4. The van der Waals surface area contributed by atoms with E-state index in [0.717, 1.165) is 72.3 Å². The summed E-state index contributed by atoms with van der Waals surface area (Å²) < 4.78 is 8.65. The molecule has 62 heavy (non-hydrogen) atoms. The molecular formula is C54H34N6OS. The molecule has 0 spiro atoms. The first kappa shape index (κ1) is 35.8. The van der Waals surface area contributed by atoms with Crippen LogP contribution in [-0.2, 0) is 0 Å². The van der Waals surface area contributed by atoms with Gasteiger partial charge in [0, 0.05) is 58.8 Å². The zero-order chi connectivity index (χ0) is 41.0. The third kappa shape index (κ3) is 6.50. The van der Waals surface area contributed by atoms with Crippen LogP contribution >= 0.6 is 11.3 Å². The van der Waals surface area contributed by atoms with Gasteiger partial charge in [-0.15, -0.1) is 11.3 Å². The summed E-state index contributed by atoms with van der Waals surface area (Å²) in [4.78, 5) is 25.2. The normalized spacial score (nSPS) is 14.0. The molecule has 8 heteroatoms. The van der Waals surface area contributed by atoms with Gasteiger partial charge in [-0.1, -0.05) is 152 Å². The number of furan rings is 1. The molecule has 1 aliphatic heterocycles. The zero-order valence-electron chi connectivity index (χ0n) is 33.1. The van der Waals surface area contributed by atoms with Gasteiger partial charge in [-0.3, -0.25) is 0 Å². The molecule has 1 aliphatic rings. The average Bonchev–Trinajstić information content (AvgIpc) is 3.92. The molecule has 1 unspecified atom stereocenters. The molecular weight excluding hydrogens is 781 g/mol. The summed E-state index contributed by atoms with van der Waals surface area (Å²) in [6, 6.07) is 66.7. The van der Waals surface area contributed by atoms with Crippen LogP contribution in [-0.4, -0.2) is 26.6 Å². The first-order valence-electron chi connectivity index (χ1n) is 20.5. The minimum Gasteiger partial charge on any atom is -0.456 e. The van der Waals surface area contributed by atoms with Crippen molar-refractivity contribution in [3.05, 3.63) is 211 Å². The fourth-order valence-corrected chi connectivity index (χ4v) is 9.40. The number of hydrogen-bond donors (Lipinski definition) is 1. The smallest absolute Gasteiger partial charge is 0.164 e. The van der Waals surface area contributed by atoms with E-state index in [1.165, 1.54) is 20.2 Å². The first-order chi connectivity index (χ1) is 30.7. The third-order valence-corrected chi connectivity index (χ3v) is 12.5. The third-order valence-electron chi connectivity index (χ3n) is 11.4. The van der Waals surface area contributed by atoms with E-state index >= 15 is 0 Å². The number of nitrogens with one attached hydrogen (secondary N) is 1. The molecule has 0 saturated carbocycles. The van der Waals surface area contributed by atoms with E-state index in [1.807, 2.05) is 97.1 Å². The van der Waals surface area contributed by atoms with Crippen molar-refractivity contribution in [2.75, 3.05) is 0 Å². The quantitative estimate of drug-likeness (QED) is 0.173. The maximum Gasteiger partial charge on any atom is 0.164 e. The van der Waals surface area contributed by atoms with E-state index in [-0.39, 0.29) is 6.17 Å². The van der Waals surface area contributed by atoms with Crippen LogP contribution < -0.4 is 5.32 Å². The second kappa shape index (κ2) is 14.9. The summed E-state index contributed by atoms with van der Waals surface area (Å²) in [6.07, 6.45) is -0.320.